The third-order valence-electron chi connectivity index (χ3n) is 5.07. The molecule has 6 nitrogen and oxygen atoms in total. The number of aromatic nitrogens is 3. The molecule has 0 bridgehead atoms. The lowest BCUT2D eigenvalue weighted by molar-refractivity contribution is 0.0727. The second-order valence-corrected chi connectivity index (χ2v) is 7.24. The van der Waals surface area contributed by atoms with E-state index in [0.29, 0.717) is 18.2 Å². The summed E-state index contributed by atoms with van der Waals surface area (Å²) in [5, 5.41) is 0. The second-order valence-electron chi connectivity index (χ2n) is 7.24. The number of amides is 1. The van der Waals surface area contributed by atoms with Crippen LogP contribution < -0.4 is 4.90 Å². The molecule has 1 aliphatic rings. The summed E-state index contributed by atoms with van der Waals surface area (Å²) < 4.78 is 13.4. The van der Waals surface area contributed by atoms with Crippen molar-refractivity contribution in [3.05, 3.63) is 72.1 Å². The van der Waals surface area contributed by atoms with Crippen molar-refractivity contribution in [3.63, 3.8) is 0 Å². The molecule has 0 spiro atoms. The Kier molecular flexibility index (Phi) is 5.20. The predicted molar refractivity (Wildman–Crippen MR) is 109 cm³/mol. The van der Waals surface area contributed by atoms with Crippen LogP contribution in [0, 0.1) is 5.82 Å². The number of nitrogens with zero attached hydrogens (tertiary/aromatic N) is 5. The van der Waals surface area contributed by atoms with Gasteiger partial charge in [0.1, 0.15) is 11.5 Å². The summed E-state index contributed by atoms with van der Waals surface area (Å²) in [6.45, 7) is 0.643. The zero-order chi connectivity index (χ0) is 20.4. The van der Waals surface area contributed by atoms with Gasteiger partial charge in [0.05, 0.1) is 11.7 Å². The number of likely N-dealkylation sites (tertiary alicyclic amines) is 1. The molecule has 3 aromatic rings. The zero-order valence-corrected chi connectivity index (χ0v) is 16.4. The first-order valence-electron chi connectivity index (χ1n) is 9.57. The van der Waals surface area contributed by atoms with Crippen molar-refractivity contribution in [3.8, 4) is 11.1 Å². The van der Waals surface area contributed by atoms with Gasteiger partial charge in [-0.2, -0.15) is 0 Å². The van der Waals surface area contributed by atoms with E-state index in [9.17, 15) is 9.18 Å². The van der Waals surface area contributed by atoms with Crippen LogP contribution in [-0.4, -0.2) is 46.4 Å². The van der Waals surface area contributed by atoms with E-state index in [2.05, 4.69) is 9.97 Å². The highest BCUT2D eigenvalue weighted by Crippen LogP contribution is 2.37. The van der Waals surface area contributed by atoms with Crippen LogP contribution in [0.2, 0.25) is 0 Å². The van der Waals surface area contributed by atoms with E-state index in [4.69, 9.17) is 4.98 Å². The van der Waals surface area contributed by atoms with Crippen LogP contribution in [0.4, 0.5) is 10.3 Å². The van der Waals surface area contributed by atoms with Crippen LogP contribution in [0.15, 0.2) is 54.9 Å². The Morgan fingerprint density at radius 3 is 2.62 bits per heavy atom. The van der Waals surface area contributed by atoms with Gasteiger partial charge in [-0.15, -0.1) is 0 Å². The molecular weight excluding hydrogens is 369 g/mol. The van der Waals surface area contributed by atoms with E-state index in [1.54, 1.807) is 36.7 Å². The van der Waals surface area contributed by atoms with Gasteiger partial charge in [0, 0.05) is 38.6 Å². The highest BCUT2D eigenvalue weighted by atomic mass is 19.1. The highest BCUT2D eigenvalue weighted by Gasteiger charge is 2.34. The topological polar surface area (TPSA) is 62.2 Å². The number of rotatable bonds is 4. The highest BCUT2D eigenvalue weighted by molar-refractivity contribution is 5.92. The van der Waals surface area contributed by atoms with E-state index < -0.39 is 0 Å². The third kappa shape index (κ3) is 3.81. The molecule has 1 amide bonds. The Bertz CT molecular complexity index is 1010. The molecule has 0 aliphatic carbocycles. The molecule has 0 unspecified atom stereocenters. The van der Waals surface area contributed by atoms with E-state index in [1.165, 1.54) is 12.1 Å². The van der Waals surface area contributed by atoms with Gasteiger partial charge in [-0.25, -0.2) is 14.4 Å². The largest absolute Gasteiger partial charge is 0.347 e. The first-order valence-corrected chi connectivity index (χ1v) is 9.57. The number of carbonyl (C=O) groups excluding carboxylic acids is 1. The number of hydrogen-bond acceptors (Lipinski definition) is 5. The summed E-state index contributed by atoms with van der Waals surface area (Å²) in [6.07, 6.45) is 5.06. The molecule has 1 atom stereocenters. The van der Waals surface area contributed by atoms with E-state index in [-0.39, 0.29) is 17.8 Å². The Hall–Kier alpha value is -3.35. The van der Waals surface area contributed by atoms with Crippen LogP contribution >= 0.6 is 0 Å². The van der Waals surface area contributed by atoms with Crippen LogP contribution in [-0.2, 0) is 0 Å². The lowest BCUT2D eigenvalue weighted by Crippen LogP contribution is -2.32. The van der Waals surface area contributed by atoms with Crippen molar-refractivity contribution < 1.29 is 9.18 Å². The number of carbonyl (C=O) groups is 1. The van der Waals surface area contributed by atoms with Crippen molar-refractivity contribution in [2.24, 2.45) is 0 Å². The van der Waals surface area contributed by atoms with E-state index in [1.807, 2.05) is 30.0 Å². The minimum Gasteiger partial charge on any atom is -0.347 e. The lowest BCUT2D eigenvalue weighted by Gasteiger charge is -2.26. The van der Waals surface area contributed by atoms with Crippen LogP contribution in [0.5, 0.6) is 0 Å². The average molecular weight is 391 g/mol. The zero-order valence-electron chi connectivity index (χ0n) is 16.4. The standard InChI is InChI=1S/C22H22FN5O/c1-27(2)22-25-14-17(15-8-10-16(23)11-9-15)20(26-22)19-7-5-13-28(19)21(29)18-6-3-4-12-24-18/h3-4,6,8-12,14,19H,5,7,13H2,1-2H3/t19-/m1/s1. The molecule has 148 valence electrons. The Labute approximate surface area is 169 Å². The maximum Gasteiger partial charge on any atom is 0.273 e. The van der Waals surface area contributed by atoms with E-state index >= 15 is 0 Å². The molecule has 1 saturated heterocycles. The normalized spacial score (nSPS) is 16.1. The SMILES string of the molecule is CN(C)c1ncc(-c2ccc(F)cc2)c([C@H]2CCCN2C(=O)c2ccccn2)n1. The van der Waals surface area contributed by atoms with Crippen LogP contribution in [0.25, 0.3) is 11.1 Å². The monoisotopic (exact) mass is 391 g/mol. The summed E-state index contributed by atoms with van der Waals surface area (Å²) in [4.78, 5) is 30.2. The van der Waals surface area contributed by atoms with Gasteiger partial charge in [-0.1, -0.05) is 18.2 Å². The van der Waals surface area contributed by atoms with Gasteiger partial charge in [0.25, 0.3) is 5.91 Å². The molecular formula is C22H22FN5O. The Morgan fingerprint density at radius 2 is 1.93 bits per heavy atom. The fourth-order valence-electron chi connectivity index (χ4n) is 3.64. The minimum absolute atomic E-state index is 0.108. The number of anilines is 1. The second kappa shape index (κ2) is 7.95. The summed E-state index contributed by atoms with van der Waals surface area (Å²) in [7, 11) is 3.75. The first-order chi connectivity index (χ1) is 14.0. The fourth-order valence-corrected chi connectivity index (χ4v) is 3.64. The first kappa shape index (κ1) is 19.0. The molecule has 1 aromatic carbocycles. The molecule has 0 radical (unpaired) electrons. The van der Waals surface area contributed by atoms with Gasteiger partial charge in [0.15, 0.2) is 0 Å². The number of halogens is 1. The van der Waals surface area contributed by atoms with Crippen molar-refractivity contribution >= 4 is 11.9 Å². The molecule has 4 rings (SSSR count). The van der Waals surface area contributed by atoms with Crippen LogP contribution in [0.1, 0.15) is 35.1 Å². The molecule has 1 fully saturated rings. The molecule has 1 aliphatic heterocycles. The number of pyridine rings is 1. The van der Waals surface area contributed by atoms with Gasteiger partial charge >= 0.3 is 0 Å². The van der Waals surface area contributed by atoms with Gasteiger partial charge in [0.2, 0.25) is 5.95 Å². The third-order valence-corrected chi connectivity index (χ3v) is 5.07. The van der Waals surface area contributed by atoms with Crippen molar-refractivity contribution in [1.82, 2.24) is 19.9 Å². The molecule has 2 aromatic heterocycles. The van der Waals surface area contributed by atoms with Gasteiger partial charge in [-0.05, 0) is 42.7 Å². The van der Waals surface area contributed by atoms with Crippen molar-refractivity contribution in [2.45, 2.75) is 18.9 Å². The molecule has 3 heterocycles. The smallest absolute Gasteiger partial charge is 0.273 e. The molecule has 29 heavy (non-hydrogen) atoms. The number of benzene rings is 1. The summed E-state index contributed by atoms with van der Waals surface area (Å²) in [6, 6.07) is 11.4. The predicted octanol–water partition coefficient (Wildman–Crippen LogP) is 3.72. The summed E-state index contributed by atoms with van der Waals surface area (Å²) in [5.74, 6) is 0.167. The number of hydrogen-bond donors (Lipinski definition) is 0. The Morgan fingerprint density at radius 1 is 1.14 bits per heavy atom. The van der Waals surface area contributed by atoms with E-state index in [0.717, 1.165) is 29.7 Å². The molecule has 0 saturated carbocycles. The van der Waals surface area contributed by atoms with Gasteiger partial charge in [-0.3, -0.25) is 9.78 Å². The molecule has 0 N–H and O–H groups in total. The quantitative estimate of drug-likeness (QED) is 0.678. The van der Waals surface area contributed by atoms with Gasteiger partial charge < -0.3 is 9.80 Å². The lowest BCUT2D eigenvalue weighted by atomic mass is 9.99. The molecule has 7 heteroatoms. The van der Waals surface area contributed by atoms with Crippen molar-refractivity contribution in [2.75, 3.05) is 25.5 Å². The maximum absolute atomic E-state index is 13.4. The maximum atomic E-state index is 13.4. The van der Waals surface area contributed by atoms with Crippen molar-refractivity contribution in [1.29, 1.82) is 0 Å². The summed E-state index contributed by atoms with van der Waals surface area (Å²) >= 11 is 0. The summed E-state index contributed by atoms with van der Waals surface area (Å²) in [5.41, 5.74) is 2.83. The van der Waals surface area contributed by atoms with Crippen LogP contribution in [0.3, 0.4) is 0 Å². The average Bonchev–Trinajstić information content (AvgIpc) is 3.23. The minimum atomic E-state index is -0.297. The Balaban J connectivity index is 1.78. The fraction of sp³-hybridized carbons (Fsp3) is 0.273.